The van der Waals surface area contributed by atoms with Crippen LogP contribution in [0.1, 0.15) is 0 Å². The normalized spacial score (nSPS) is 10.5. The van der Waals surface area contributed by atoms with Gasteiger partial charge in [0.2, 0.25) is 0 Å². The maximum absolute atomic E-state index is 10.5. The Balaban J connectivity index is 0.00000121. The molecule has 4 nitrogen and oxygen atoms in total. The minimum absolute atomic E-state index is 0. The van der Waals surface area contributed by atoms with E-state index in [1.807, 2.05) is 0 Å². The molecule has 0 aliphatic carbocycles. The zero-order valence-electron chi connectivity index (χ0n) is 5.23. The van der Waals surface area contributed by atoms with Gasteiger partial charge in [-0.15, -0.1) is 0 Å². The van der Waals surface area contributed by atoms with Gasteiger partial charge in [-0.2, -0.15) is 8.42 Å². The summed E-state index contributed by atoms with van der Waals surface area (Å²) in [6.45, 7) is 0. The number of hydrogen-bond donors (Lipinski definition) is 1. The summed E-state index contributed by atoms with van der Waals surface area (Å²) >= 11 is 5.36. The first kappa shape index (κ1) is 12.3. The van der Waals surface area contributed by atoms with Crippen molar-refractivity contribution in [3.8, 4) is 0 Å². The van der Waals surface area contributed by atoms with Crippen LogP contribution in [0.3, 0.4) is 0 Å². The minimum atomic E-state index is -4.23. The first-order valence-corrected chi connectivity index (χ1v) is 4.41. The molecule has 0 fully saturated rings. The van der Waals surface area contributed by atoms with Crippen LogP contribution in [0.25, 0.3) is 0 Å². The fourth-order valence-corrected chi connectivity index (χ4v) is 1.49. The van der Waals surface area contributed by atoms with Crippen LogP contribution < -0.4 is 0 Å². The fourth-order valence-electron chi connectivity index (χ4n) is 0.564. The molecule has 1 heterocycles. The van der Waals surface area contributed by atoms with Crippen molar-refractivity contribution in [2.75, 3.05) is 0 Å². The first-order chi connectivity index (χ1) is 5.02. The molecule has 0 saturated carbocycles. The van der Waals surface area contributed by atoms with E-state index >= 15 is 0 Å². The summed E-state index contributed by atoms with van der Waals surface area (Å²) in [5, 5.41) is -0.227. The van der Waals surface area contributed by atoms with Gasteiger partial charge >= 0.3 is 29.6 Å². The van der Waals surface area contributed by atoms with Crippen molar-refractivity contribution in [2.24, 2.45) is 0 Å². The van der Waals surface area contributed by atoms with E-state index < -0.39 is 10.1 Å². The summed E-state index contributed by atoms with van der Waals surface area (Å²) in [4.78, 5) is 3.10. The second-order valence-electron chi connectivity index (χ2n) is 1.77. The standard InChI is InChI=1S/C5H4ClNO3S.Na.H/c6-5-4(11(8,9)10)2-1-3-7-5;;/h1-3H,(H,8,9,10);;. The Labute approximate surface area is 97.0 Å². The Bertz CT molecular complexity index is 367. The van der Waals surface area contributed by atoms with Crippen molar-refractivity contribution in [2.45, 2.75) is 4.90 Å². The average Bonchev–Trinajstić information content (AvgIpc) is 1.86. The van der Waals surface area contributed by atoms with E-state index in [-0.39, 0.29) is 39.6 Å². The van der Waals surface area contributed by atoms with Crippen LogP contribution in [0.4, 0.5) is 0 Å². The second-order valence-corrected chi connectivity index (χ2v) is 3.52. The molecule has 0 aliphatic rings. The predicted octanol–water partition coefficient (Wildman–Crippen LogP) is 0.333. The Morgan fingerprint density at radius 2 is 2.08 bits per heavy atom. The van der Waals surface area contributed by atoms with Gasteiger partial charge in [0.15, 0.2) is 0 Å². The topological polar surface area (TPSA) is 67.3 Å². The van der Waals surface area contributed by atoms with Crippen molar-refractivity contribution in [1.82, 2.24) is 4.98 Å². The van der Waals surface area contributed by atoms with E-state index in [4.69, 9.17) is 16.2 Å². The van der Waals surface area contributed by atoms with Crippen molar-refractivity contribution in [1.29, 1.82) is 0 Å². The number of aromatic nitrogens is 1. The molecule has 62 valence electrons. The number of nitrogens with zero attached hydrogens (tertiary/aromatic N) is 1. The van der Waals surface area contributed by atoms with E-state index in [0.29, 0.717) is 0 Å². The fraction of sp³-hybridized carbons (Fsp3) is 0. The molecule has 0 spiro atoms. The molecule has 0 radical (unpaired) electrons. The van der Waals surface area contributed by atoms with Gasteiger partial charge in [-0.05, 0) is 12.1 Å². The van der Waals surface area contributed by atoms with Crippen LogP contribution >= 0.6 is 11.6 Å². The summed E-state index contributed by atoms with van der Waals surface area (Å²) < 4.78 is 29.5. The van der Waals surface area contributed by atoms with Crippen molar-refractivity contribution in [3.05, 3.63) is 23.5 Å². The summed E-state index contributed by atoms with van der Waals surface area (Å²) in [6, 6.07) is 2.54. The monoisotopic (exact) mass is 217 g/mol. The zero-order chi connectivity index (χ0) is 8.48. The summed E-state index contributed by atoms with van der Waals surface area (Å²) in [6.07, 6.45) is 1.33. The van der Waals surface area contributed by atoms with Crippen molar-refractivity contribution >= 4 is 51.3 Å². The maximum atomic E-state index is 10.5. The van der Waals surface area contributed by atoms with Crippen molar-refractivity contribution in [3.63, 3.8) is 0 Å². The molecule has 1 aromatic rings. The molecule has 0 aromatic carbocycles. The molecule has 1 N–H and O–H groups in total. The van der Waals surface area contributed by atoms with Gasteiger partial charge in [0.1, 0.15) is 10.0 Å². The van der Waals surface area contributed by atoms with E-state index in [1.165, 1.54) is 18.3 Å². The molecule has 0 bridgehead atoms. The van der Waals surface area contributed by atoms with Gasteiger partial charge < -0.3 is 0 Å². The molecule has 0 amide bonds. The molecule has 0 unspecified atom stereocenters. The van der Waals surface area contributed by atoms with Crippen molar-refractivity contribution < 1.29 is 13.0 Å². The third-order valence-corrected chi connectivity index (χ3v) is 2.30. The molecular weight excluding hydrogens is 213 g/mol. The van der Waals surface area contributed by atoms with Gasteiger partial charge in [0, 0.05) is 6.20 Å². The van der Waals surface area contributed by atoms with Gasteiger partial charge in [0.05, 0.1) is 0 Å². The van der Waals surface area contributed by atoms with E-state index in [2.05, 4.69) is 4.98 Å². The quantitative estimate of drug-likeness (QED) is 0.418. The van der Waals surface area contributed by atoms with Crippen LogP contribution in [-0.4, -0.2) is 47.5 Å². The molecule has 1 aromatic heterocycles. The SMILES string of the molecule is O=S(=O)(O)c1cccnc1Cl.[NaH]. The summed E-state index contributed by atoms with van der Waals surface area (Å²) in [7, 11) is -4.23. The Morgan fingerprint density at radius 1 is 1.50 bits per heavy atom. The predicted molar refractivity (Wildman–Crippen MR) is 46.2 cm³/mol. The first-order valence-electron chi connectivity index (χ1n) is 2.60. The van der Waals surface area contributed by atoms with E-state index in [9.17, 15) is 8.42 Å². The Kier molecular flexibility index (Phi) is 4.68. The molecular formula is C5H5ClNNaO3S. The van der Waals surface area contributed by atoms with E-state index in [0.717, 1.165) is 0 Å². The third kappa shape index (κ3) is 3.01. The summed E-state index contributed by atoms with van der Waals surface area (Å²) in [5.74, 6) is 0. The number of pyridine rings is 1. The summed E-state index contributed by atoms with van der Waals surface area (Å²) in [5.41, 5.74) is 0. The molecule has 7 heteroatoms. The van der Waals surface area contributed by atoms with Crippen LogP contribution in [-0.2, 0) is 10.1 Å². The van der Waals surface area contributed by atoms with Crippen LogP contribution in [0.5, 0.6) is 0 Å². The molecule has 0 atom stereocenters. The van der Waals surface area contributed by atoms with Gasteiger partial charge in [0.25, 0.3) is 10.1 Å². The second kappa shape index (κ2) is 4.55. The van der Waals surface area contributed by atoms with Gasteiger partial charge in [-0.1, -0.05) is 11.6 Å². The molecule has 0 aliphatic heterocycles. The van der Waals surface area contributed by atoms with Crippen LogP contribution in [0.2, 0.25) is 5.15 Å². The Morgan fingerprint density at radius 3 is 2.42 bits per heavy atom. The molecule has 12 heavy (non-hydrogen) atoms. The van der Waals surface area contributed by atoms with E-state index in [1.54, 1.807) is 0 Å². The van der Waals surface area contributed by atoms with Crippen LogP contribution in [0.15, 0.2) is 23.2 Å². The molecule has 0 saturated heterocycles. The van der Waals surface area contributed by atoms with Gasteiger partial charge in [-0.3, -0.25) is 4.55 Å². The number of hydrogen-bond acceptors (Lipinski definition) is 3. The molecule has 1 rings (SSSR count). The van der Waals surface area contributed by atoms with Crippen LogP contribution in [0, 0.1) is 0 Å². The zero-order valence-corrected chi connectivity index (χ0v) is 6.80. The Hall–Kier alpha value is 0.350. The average molecular weight is 218 g/mol. The third-order valence-electron chi connectivity index (χ3n) is 1.00. The number of rotatable bonds is 1. The van der Waals surface area contributed by atoms with Gasteiger partial charge in [-0.25, -0.2) is 4.98 Å². The number of halogens is 1.